The standard InChI is InChI=1S/C11H12N2O3/c1-2-11(14)12-10(8-13(15)16)9-6-4-3-5-7-9/h2-7,10H,1,8H2,(H,12,14). The number of nitrogens with one attached hydrogen (secondary N) is 1. The summed E-state index contributed by atoms with van der Waals surface area (Å²) in [6.45, 7) is 2.96. The van der Waals surface area contributed by atoms with Gasteiger partial charge in [0.05, 0.1) is 0 Å². The van der Waals surface area contributed by atoms with Gasteiger partial charge in [0.2, 0.25) is 12.5 Å². The van der Waals surface area contributed by atoms with Gasteiger partial charge in [-0.15, -0.1) is 0 Å². The fourth-order valence-electron chi connectivity index (χ4n) is 1.30. The van der Waals surface area contributed by atoms with Crippen molar-refractivity contribution in [2.75, 3.05) is 6.54 Å². The number of hydrogen-bond donors (Lipinski definition) is 1. The Morgan fingerprint density at radius 1 is 1.50 bits per heavy atom. The highest BCUT2D eigenvalue weighted by atomic mass is 16.6. The summed E-state index contributed by atoms with van der Waals surface area (Å²) in [6.07, 6.45) is 1.09. The molecule has 1 aromatic rings. The molecule has 0 saturated carbocycles. The van der Waals surface area contributed by atoms with Crippen molar-refractivity contribution in [3.8, 4) is 0 Å². The van der Waals surface area contributed by atoms with Crippen molar-refractivity contribution in [3.05, 3.63) is 58.7 Å². The zero-order valence-corrected chi connectivity index (χ0v) is 8.63. The molecule has 1 rings (SSSR count). The average molecular weight is 220 g/mol. The van der Waals surface area contributed by atoms with E-state index in [0.29, 0.717) is 5.56 Å². The smallest absolute Gasteiger partial charge is 0.244 e. The van der Waals surface area contributed by atoms with Crippen LogP contribution in [0, 0.1) is 10.1 Å². The van der Waals surface area contributed by atoms with E-state index < -0.39 is 16.9 Å². The zero-order valence-electron chi connectivity index (χ0n) is 8.63. The number of nitro groups is 1. The van der Waals surface area contributed by atoms with Crippen LogP contribution in [0.4, 0.5) is 0 Å². The molecule has 0 fully saturated rings. The van der Waals surface area contributed by atoms with Gasteiger partial charge in [-0.1, -0.05) is 36.9 Å². The lowest BCUT2D eigenvalue weighted by atomic mass is 10.1. The first-order valence-corrected chi connectivity index (χ1v) is 4.73. The third-order valence-corrected chi connectivity index (χ3v) is 2.04. The molecule has 1 aromatic carbocycles. The molecule has 1 unspecified atom stereocenters. The summed E-state index contributed by atoms with van der Waals surface area (Å²) in [4.78, 5) is 21.1. The summed E-state index contributed by atoms with van der Waals surface area (Å²) < 4.78 is 0. The summed E-state index contributed by atoms with van der Waals surface area (Å²) in [7, 11) is 0. The van der Waals surface area contributed by atoms with Crippen LogP contribution in [0.15, 0.2) is 43.0 Å². The molecule has 5 heteroatoms. The van der Waals surface area contributed by atoms with E-state index >= 15 is 0 Å². The normalized spacial score (nSPS) is 11.5. The van der Waals surface area contributed by atoms with Gasteiger partial charge in [0.1, 0.15) is 6.04 Å². The van der Waals surface area contributed by atoms with Crippen LogP contribution in [0.3, 0.4) is 0 Å². The molecule has 1 N–H and O–H groups in total. The fourth-order valence-corrected chi connectivity index (χ4v) is 1.30. The number of carbonyl (C=O) groups is 1. The van der Waals surface area contributed by atoms with Crippen molar-refractivity contribution in [2.24, 2.45) is 0 Å². The molecule has 84 valence electrons. The molecular weight excluding hydrogens is 208 g/mol. The topological polar surface area (TPSA) is 72.2 Å². The fraction of sp³-hybridized carbons (Fsp3) is 0.182. The van der Waals surface area contributed by atoms with Gasteiger partial charge >= 0.3 is 0 Å². The minimum absolute atomic E-state index is 0.344. The van der Waals surface area contributed by atoms with Crippen LogP contribution in [0.25, 0.3) is 0 Å². The molecule has 5 nitrogen and oxygen atoms in total. The van der Waals surface area contributed by atoms with E-state index in [2.05, 4.69) is 11.9 Å². The highest BCUT2D eigenvalue weighted by molar-refractivity contribution is 5.87. The van der Waals surface area contributed by atoms with Crippen LogP contribution >= 0.6 is 0 Å². The maximum absolute atomic E-state index is 11.1. The van der Waals surface area contributed by atoms with Crippen LogP contribution in [-0.2, 0) is 4.79 Å². The number of nitrogens with zero attached hydrogens (tertiary/aromatic N) is 1. The summed E-state index contributed by atoms with van der Waals surface area (Å²) in [5.41, 5.74) is 0.703. The van der Waals surface area contributed by atoms with Gasteiger partial charge in [0.15, 0.2) is 0 Å². The first kappa shape index (κ1) is 11.9. The average Bonchev–Trinajstić information content (AvgIpc) is 2.28. The van der Waals surface area contributed by atoms with E-state index in [1.165, 1.54) is 0 Å². The molecule has 0 radical (unpaired) electrons. The largest absolute Gasteiger partial charge is 0.339 e. The Morgan fingerprint density at radius 2 is 2.12 bits per heavy atom. The van der Waals surface area contributed by atoms with Gasteiger partial charge in [-0.25, -0.2) is 0 Å². The summed E-state index contributed by atoms with van der Waals surface area (Å²) in [6, 6.07) is 8.18. The lowest BCUT2D eigenvalue weighted by molar-refractivity contribution is -0.484. The van der Waals surface area contributed by atoms with E-state index in [1.54, 1.807) is 24.3 Å². The first-order chi connectivity index (χ1) is 7.63. The Hall–Kier alpha value is -2.17. The second-order valence-corrected chi connectivity index (χ2v) is 3.19. The van der Waals surface area contributed by atoms with Crippen molar-refractivity contribution in [1.82, 2.24) is 5.32 Å². The molecular formula is C11H12N2O3. The van der Waals surface area contributed by atoms with Gasteiger partial charge in [-0.05, 0) is 11.6 Å². The summed E-state index contributed by atoms with van der Waals surface area (Å²) in [5, 5.41) is 13.0. The molecule has 0 aliphatic carbocycles. The van der Waals surface area contributed by atoms with Crippen molar-refractivity contribution in [2.45, 2.75) is 6.04 Å². The summed E-state index contributed by atoms with van der Waals surface area (Å²) >= 11 is 0. The Balaban J connectivity index is 2.83. The molecule has 1 amide bonds. The molecule has 0 bridgehead atoms. The van der Waals surface area contributed by atoms with Crippen LogP contribution in [-0.4, -0.2) is 17.4 Å². The SMILES string of the molecule is C=CC(=O)NC(C[N+](=O)[O-])c1ccccc1. The van der Waals surface area contributed by atoms with E-state index in [1.807, 2.05) is 6.07 Å². The Bertz CT molecular complexity index is 389. The van der Waals surface area contributed by atoms with Crippen LogP contribution < -0.4 is 5.32 Å². The first-order valence-electron chi connectivity index (χ1n) is 4.73. The molecule has 0 aromatic heterocycles. The minimum Gasteiger partial charge on any atom is -0.339 e. The highest BCUT2D eigenvalue weighted by Gasteiger charge is 2.18. The van der Waals surface area contributed by atoms with Crippen molar-refractivity contribution in [3.63, 3.8) is 0 Å². The van der Waals surface area contributed by atoms with Gasteiger partial charge in [0, 0.05) is 4.92 Å². The van der Waals surface area contributed by atoms with Gasteiger partial charge in [-0.3, -0.25) is 14.9 Å². The molecule has 0 aliphatic rings. The second-order valence-electron chi connectivity index (χ2n) is 3.19. The van der Waals surface area contributed by atoms with Gasteiger partial charge < -0.3 is 5.32 Å². The Morgan fingerprint density at radius 3 is 2.62 bits per heavy atom. The predicted octanol–water partition coefficient (Wildman–Crippen LogP) is 1.31. The number of rotatable bonds is 5. The van der Waals surface area contributed by atoms with E-state index in [0.717, 1.165) is 6.08 Å². The van der Waals surface area contributed by atoms with Crippen LogP contribution in [0.5, 0.6) is 0 Å². The monoisotopic (exact) mass is 220 g/mol. The molecule has 0 aliphatic heterocycles. The third-order valence-electron chi connectivity index (χ3n) is 2.04. The number of hydrogen-bond acceptors (Lipinski definition) is 3. The Kier molecular flexibility index (Phi) is 4.20. The lowest BCUT2D eigenvalue weighted by Gasteiger charge is -2.13. The van der Waals surface area contributed by atoms with Crippen molar-refractivity contribution < 1.29 is 9.72 Å². The van der Waals surface area contributed by atoms with E-state index in [4.69, 9.17) is 0 Å². The highest BCUT2D eigenvalue weighted by Crippen LogP contribution is 2.12. The van der Waals surface area contributed by atoms with Crippen molar-refractivity contribution in [1.29, 1.82) is 0 Å². The molecule has 0 saturated heterocycles. The number of carbonyl (C=O) groups excluding carboxylic acids is 1. The Labute approximate surface area is 92.9 Å². The van der Waals surface area contributed by atoms with E-state index in [-0.39, 0.29) is 6.54 Å². The number of benzene rings is 1. The predicted molar refractivity (Wildman–Crippen MR) is 59.4 cm³/mol. The number of amides is 1. The maximum Gasteiger partial charge on any atom is 0.244 e. The maximum atomic E-state index is 11.1. The molecule has 1 atom stereocenters. The molecule has 0 heterocycles. The lowest BCUT2D eigenvalue weighted by Crippen LogP contribution is -2.31. The second kappa shape index (κ2) is 5.65. The van der Waals surface area contributed by atoms with E-state index in [9.17, 15) is 14.9 Å². The van der Waals surface area contributed by atoms with Gasteiger partial charge in [0.25, 0.3) is 0 Å². The minimum atomic E-state index is -0.623. The van der Waals surface area contributed by atoms with Crippen LogP contribution in [0.1, 0.15) is 11.6 Å². The third kappa shape index (κ3) is 3.53. The summed E-state index contributed by atoms with van der Waals surface area (Å²) in [5.74, 6) is -0.421. The van der Waals surface area contributed by atoms with Gasteiger partial charge in [-0.2, -0.15) is 0 Å². The van der Waals surface area contributed by atoms with Crippen LogP contribution in [0.2, 0.25) is 0 Å². The molecule has 0 spiro atoms. The molecule has 16 heavy (non-hydrogen) atoms. The zero-order chi connectivity index (χ0) is 12.0. The quantitative estimate of drug-likeness (QED) is 0.462. The van der Waals surface area contributed by atoms with Crippen molar-refractivity contribution >= 4 is 5.91 Å².